The minimum atomic E-state index is -0.650. The molecule has 0 radical (unpaired) electrons. The minimum absolute atomic E-state index is 0.144. The molecule has 1 aromatic rings. The second kappa shape index (κ2) is 6.95. The number of anilines is 1. The fourth-order valence-corrected chi connectivity index (χ4v) is 2.95. The van der Waals surface area contributed by atoms with Crippen LogP contribution in [-0.2, 0) is 11.3 Å². The van der Waals surface area contributed by atoms with Gasteiger partial charge in [-0.2, -0.15) is 0 Å². The molecule has 5 heteroatoms. The van der Waals surface area contributed by atoms with Crippen LogP contribution in [0.2, 0.25) is 5.02 Å². The molecule has 1 saturated carbocycles. The van der Waals surface area contributed by atoms with Gasteiger partial charge >= 0.3 is 5.97 Å². The van der Waals surface area contributed by atoms with Crippen LogP contribution in [0, 0.1) is 11.8 Å². The van der Waals surface area contributed by atoms with Crippen LogP contribution in [0.4, 0.5) is 5.69 Å². The lowest BCUT2D eigenvalue weighted by atomic mass is 9.82. The van der Waals surface area contributed by atoms with Gasteiger partial charge in [0.15, 0.2) is 0 Å². The molecule has 110 valence electrons. The second-order valence-electron chi connectivity index (χ2n) is 5.50. The van der Waals surface area contributed by atoms with E-state index in [0.717, 1.165) is 37.8 Å². The lowest BCUT2D eigenvalue weighted by molar-refractivity contribution is -0.143. The molecule has 1 aliphatic rings. The summed E-state index contributed by atoms with van der Waals surface area (Å²) in [4.78, 5) is 10.9. The van der Waals surface area contributed by atoms with Crippen LogP contribution in [0.25, 0.3) is 0 Å². The number of nitrogens with two attached hydrogens (primary N) is 1. The summed E-state index contributed by atoms with van der Waals surface area (Å²) in [5, 5.41) is 13.0. The van der Waals surface area contributed by atoms with Crippen LogP contribution in [-0.4, -0.2) is 17.6 Å². The van der Waals surface area contributed by atoms with E-state index in [4.69, 9.17) is 22.4 Å². The highest BCUT2D eigenvalue weighted by molar-refractivity contribution is 6.33. The average molecular weight is 297 g/mol. The van der Waals surface area contributed by atoms with Crippen molar-refractivity contribution in [3.05, 3.63) is 28.8 Å². The monoisotopic (exact) mass is 296 g/mol. The Balaban J connectivity index is 1.74. The first-order valence-corrected chi connectivity index (χ1v) is 7.42. The number of halogens is 1. The third-order valence-electron chi connectivity index (χ3n) is 4.09. The van der Waals surface area contributed by atoms with E-state index in [1.165, 1.54) is 0 Å². The van der Waals surface area contributed by atoms with Gasteiger partial charge in [0.05, 0.1) is 16.6 Å². The third-order valence-corrected chi connectivity index (χ3v) is 4.42. The van der Waals surface area contributed by atoms with Gasteiger partial charge in [0.1, 0.15) is 0 Å². The number of carboxylic acids is 1. The summed E-state index contributed by atoms with van der Waals surface area (Å²) < 4.78 is 0. The summed E-state index contributed by atoms with van der Waals surface area (Å²) in [5.74, 6) is -0.232. The maximum atomic E-state index is 10.9. The van der Waals surface area contributed by atoms with Gasteiger partial charge in [0.2, 0.25) is 0 Å². The molecule has 0 spiro atoms. The summed E-state index contributed by atoms with van der Waals surface area (Å²) in [6.45, 7) is 1.60. The standard InChI is InChI=1S/C15H21ClN2O2/c16-13-3-1-2-12(14(13)17)9-18-8-10-4-6-11(7-5-10)15(19)20/h1-3,10-11,18H,4-9,17H2,(H,19,20). The number of benzene rings is 1. The van der Waals surface area contributed by atoms with E-state index in [0.29, 0.717) is 23.2 Å². The molecule has 0 atom stereocenters. The molecular formula is C15H21ClN2O2. The predicted octanol–water partition coefficient (Wildman–Crippen LogP) is 2.90. The van der Waals surface area contributed by atoms with Crippen molar-refractivity contribution >= 4 is 23.3 Å². The Morgan fingerprint density at radius 1 is 1.35 bits per heavy atom. The Bertz CT molecular complexity index is 471. The zero-order valence-electron chi connectivity index (χ0n) is 11.4. The number of nitrogen functional groups attached to an aromatic ring is 1. The van der Waals surface area contributed by atoms with Gasteiger partial charge in [-0.1, -0.05) is 23.7 Å². The maximum absolute atomic E-state index is 10.9. The third kappa shape index (κ3) is 3.87. The quantitative estimate of drug-likeness (QED) is 0.730. The normalized spacial score (nSPS) is 22.6. The number of para-hydroxylation sites is 1. The number of carboxylic acid groups (broad SMARTS) is 1. The highest BCUT2D eigenvalue weighted by Gasteiger charge is 2.25. The highest BCUT2D eigenvalue weighted by Crippen LogP contribution is 2.28. The van der Waals surface area contributed by atoms with Crippen LogP contribution in [0.15, 0.2) is 18.2 Å². The molecule has 0 saturated heterocycles. The molecule has 0 amide bonds. The Labute approximate surface area is 124 Å². The zero-order valence-corrected chi connectivity index (χ0v) is 12.2. The van der Waals surface area contributed by atoms with E-state index in [-0.39, 0.29) is 5.92 Å². The number of nitrogens with one attached hydrogen (secondary N) is 1. The lowest BCUT2D eigenvalue weighted by Crippen LogP contribution is -2.28. The average Bonchev–Trinajstić information content (AvgIpc) is 2.44. The van der Waals surface area contributed by atoms with Gasteiger partial charge in [-0.05, 0) is 49.8 Å². The fraction of sp³-hybridized carbons (Fsp3) is 0.533. The summed E-state index contributed by atoms with van der Waals surface area (Å²) in [7, 11) is 0. The Kier molecular flexibility index (Phi) is 5.26. The second-order valence-corrected chi connectivity index (χ2v) is 5.91. The van der Waals surface area contributed by atoms with Crippen LogP contribution in [0.3, 0.4) is 0 Å². The van der Waals surface area contributed by atoms with Crippen molar-refractivity contribution in [1.82, 2.24) is 5.32 Å². The van der Waals surface area contributed by atoms with E-state index in [9.17, 15) is 4.79 Å². The largest absolute Gasteiger partial charge is 0.481 e. The van der Waals surface area contributed by atoms with Gasteiger partial charge in [-0.15, -0.1) is 0 Å². The Hall–Kier alpha value is -1.26. The van der Waals surface area contributed by atoms with E-state index >= 15 is 0 Å². The van der Waals surface area contributed by atoms with Crippen LogP contribution in [0.1, 0.15) is 31.2 Å². The van der Waals surface area contributed by atoms with Gasteiger partial charge < -0.3 is 16.2 Å². The smallest absolute Gasteiger partial charge is 0.306 e. The molecular weight excluding hydrogens is 276 g/mol. The number of hydrogen-bond donors (Lipinski definition) is 3. The van der Waals surface area contributed by atoms with Crippen LogP contribution >= 0.6 is 11.6 Å². The highest BCUT2D eigenvalue weighted by atomic mass is 35.5. The van der Waals surface area contributed by atoms with Crippen molar-refractivity contribution in [2.24, 2.45) is 11.8 Å². The fourth-order valence-electron chi connectivity index (χ4n) is 2.76. The van der Waals surface area contributed by atoms with Gasteiger partial charge in [0, 0.05) is 6.54 Å². The van der Waals surface area contributed by atoms with Crippen molar-refractivity contribution < 1.29 is 9.90 Å². The van der Waals surface area contributed by atoms with E-state index in [1.54, 1.807) is 6.07 Å². The first-order valence-electron chi connectivity index (χ1n) is 7.04. The van der Waals surface area contributed by atoms with Crippen molar-refractivity contribution in [3.63, 3.8) is 0 Å². The first kappa shape index (κ1) is 15.1. The van der Waals surface area contributed by atoms with Crippen molar-refractivity contribution in [1.29, 1.82) is 0 Å². The molecule has 0 bridgehead atoms. The van der Waals surface area contributed by atoms with Gasteiger partial charge in [0.25, 0.3) is 0 Å². The predicted molar refractivity (Wildman–Crippen MR) is 80.7 cm³/mol. The topological polar surface area (TPSA) is 75.3 Å². The number of aliphatic carboxylic acids is 1. The van der Waals surface area contributed by atoms with Crippen LogP contribution < -0.4 is 11.1 Å². The van der Waals surface area contributed by atoms with Gasteiger partial charge in [-0.3, -0.25) is 4.79 Å². The Morgan fingerprint density at radius 2 is 2.05 bits per heavy atom. The van der Waals surface area contributed by atoms with E-state index in [1.807, 2.05) is 12.1 Å². The molecule has 0 heterocycles. The van der Waals surface area contributed by atoms with Crippen molar-refractivity contribution in [3.8, 4) is 0 Å². The summed E-state index contributed by atoms with van der Waals surface area (Å²) in [6.07, 6.45) is 3.55. The maximum Gasteiger partial charge on any atom is 0.306 e. The minimum Gasteiger partial charge on any atom is -0.481 e. The van der Waals surface area contributed by atoms with Crippen molar-refractivity contribution in [2.75, 3.05) is 12.3 Å². The molecule has 20 heavy (non-hydrogen) atoms. The summed E-state index contributed by atoms with van der Waals surface area (Å²) in [6, 6.07) is 5.65. The number of carbonyl (C=O) groups is 1. The van der Waals surface area contributed by atoms with E-state index < -0.39 is 5.97 Å². The molecule has 2 rings (SSSR count). The number of hydrogen-bond acceptors (Lipinski definition) is 3. The molecule has 4 N–H and O–H groups in total. The van der Waals surface area contributed by atoms with Crippen molar-refractivity contribution in [2.45, 2.75) is 32.2 Å². The number of rotatable bonds is 5. The molecule has 0 aliphatic heterocycles. The Morgan fingerprint density at radius 3 is 2.70 bits per heavy atom. The molecule has 1 aliphatic carbocycles. The van der Waals surface area contributed by atoms with Gasteiger partial charge in [-0.25, -0.2) is 0 Å². The molecule has 4 nitrogen and oxygen atoms in total. The van der Waals surface area contributed by atoms with E-state index in [2.05, 4.69) is 5.32 Å². The van der Waals surface area contributed by atoms with Crippen LogP contribution in [0.5, 0.6) is 0 Å². The summed E-state index contributed by atoms with van der Waals surface area (Å²) >= 11 is 5.98. The first-order chi connectivity index (χ1) is 9.58. The summed E-state index contributed by atoms with van der Waals surface area (Å²) in [5.41, 5.74) is 7.56. The molecule has 1 aromatic carbocycles. The molecule has 1 fully saturated rings. The zero-order chi connectivity index (χ0) is 14.5. The lowest BCUT2D eigenvalue weighted by Gasteiger charge is -2.26. The molecule has 0 unspecified atom stereocenters. The molecule has 0 aromatic heterocycles. The SMILES string of the molecule is Nc1c(Cl)cccc1CNCC1CCC(C(=O)O)CC1.